The summed E-state index contributed by atoms with van der Waals surface area (Å²) in [5, 5.41) is 13.5. The maximum atomic E-state index is 9.21. The van der Waals surface area contributed by atoms with E-state index in [0.717, 1.165) is 84.8 Å². The quantitative estimate of drug-likeness (QED) is 0.328. The first-order chi connectivity index (χ1) is 20.6. The van der Waals surface area contributed by atoms with Crippen molar-refractivity contribution in [2.75, 3.05) is 80.8 Å². The maximum absolute atomic E-state index is 9.21. The van der Waals surface area contributed by atoms with Gasteiger partial charge < -0.3 is 25.0 Å². The van der Waals surface area contributed by atoms with Gasteiger partial charge in [0.25, 0.3) is 0 Å². The van der Waals surface area contributed by atoms with Gasteiger partial charge in [0.05, 0.1) is 30.0 Å². The van der Waals surface area contributed by atoms with Gasteiger partial charge in [-0.05, 0) is 19.1 Å². The molecule has 3 aliphatic heterocycles. The molecule has 3 saturated heterocycles. The van der Waals surface area contributed by atoms with Crippen molar-refractivity contribution in [3.05, 3.63) is 42.4 Å². The average molecular weight is 590 g/mol. The van der Waals surface area contributed by atoms with Gasteiger partial charge >= 0.3 is 0 Å². The molecular weight excluding hydrogens is 550 g/mol. The highest BCUT2D eigenvalue weighted by Gasteiger charge is 2.37. The molecule has 0 saturated carbocycles. The number of hydrogen-bond acceptors (Lipinski definition) is 12. The number of pyridine rings is 2. The molecule has 2 atom stereocenters. The molecule has 0 bridgehead atoms. The Labute approximate surface area is 250 Å². The van der Waals surface area contributed by atoms with Crippen LogP contribution in [0.25, 0.3) is 20.8 Å². The Kier molecular flexibility index (Phi) is 8.75. The Morgan fingerprint density at radius 2 is 1.74 bits per heavy atom. The first kappa shape index (κ1) is 28.7. The minimum absolute atomic E-state index is 0.186. The topological polar surface area (TPSA) is 116 Å². The summed E-state index contributed by atoms with van der Waals surface area (Å²) < 4.78 is 6.67. The lowest BCUT2D eigenvalue weighted by molar-refractivity contribution is 0.177. The van der Waals surface area contributed by atoms with Crippen LogP contribution in [0.15, 0.2) is 36.7 Å². The van der Waals surface area contributed by atoms with Crippen LogP contribution >= 0.6 is 11.3 Å². The molecule has 42 heavy (non-hydrogen) atoms. The molecule has 11 nitrogen and oxygen atoms in total. The second kappa shape index (κ2) is 12.8. The maximum Gasteiger partial charge on any atom is 0.227 e. The van der Waals surface area contributed by atoms with E-state index in [2.05, 4.69) is 41.0 Å². The molecule has 0 spiro atoms. The molecule has 3 aliphatic rings. The first-order valence-electron chi connectivity index (χ1n) is 14.9. The number of aliphatic hydroxyl groups excluding tert-OH is 1. The van der Waals surface area contributed by atoms with E-state index < -0.39 is 0 Å². The van der Waals surface area contributed by atoms with Crippen LogP contribution in [-0.2, 0) is 4.74 Å². The SMILES string of the molecule is CC.Cc1cc(Nc2cc3nc(-c4ccnc(N5C[C@H]6COC[C@H]6C5)c4)sc3cn2)nc(N2CCN(CCO)CC2)n1. The van der Waals surface area contributed by atoms with E-state index in [1.54, 1.807) is 11.3 Å². The van der Waals surface area contributed by atoms with Crippen LogP contribution in [0.2, 0.25) is 0 Å². The van der Waals surface area contributed by atoms with Crippen molar-refractivity contribution in [2.24, 2.45) is 11.8 Å². The van der Waals surface area contributed by atoms with Crippen molar-refractivity contribution in [2.45, 2.75) is 20.8 Å². The zero-order chi connectivity index (χ0) is 29.1. The number of hydrogen-bond donors (Lipinski definition) is 2. The van der Waals surface area contributed by atoms with Gasteiger partial charge in [-0.25, -0.2) is 19.9 Å². The fourth-order valence-corrected chi connectivity index (χ4v) is 6.74. The molecule has 12 heteroatoms. The first-order valence-corrected chi connectivity index (χ1v) is 15.7. The lowest BCUT2D eigenvalue weighted by atomic mass is 10.0. The van der Waals surface area contributed by atoms with Crippen LogP contribution < -0.4 is 15.1 Å². The van der Waals surface area contributed by atoms with Crippen molar-refractivity contribution in [3.8, 4) is 10.6 Å². The molecule has 0 amide bonds. The summed E-state index contributed by atoms with van der Waals surface area (Å²) in [5.74, 6) is 4.36. The summed E-state index contributed by atoms with van der Waals surface area (Å²) in [6, 6.07) is 8.09. The molecule has 2 N–H and O–H groups in total. The van der Waals surface area contributed by atoms with Gasteiger partial charge in [0.15, 0.2) is 0 Å². The van der Waals surface area contributed by atoms with Gasteiger partial charge in [-0.2, -0.15) is 4.98 Å². The van der Waals surface area contributed by atoms with Crippen LogP contribution in [0.5, 0.6) is 0 Å². The number of aliphatic hydroxyl groups is 1. The largest absolute Gasteiger partial charge is 0.395 e. The van der Waals surface area contributed by atoms with Crippen molar-refractivity contribution < 1.29 is 9.84 Å². The normalized spacial score (nSPS) is 20.5. The number of piperazine rings is 1. The van der Waals surface area contributed by atoms with Crippen molar-refractivity contribution in [1.82, 2.24) is 29.8 Å². The molecular formula is C30H39N9O2S. The second-order valence-corrected chi connectivity index (χ2v) is 11.8. The minimum Gasteiger partial charge on any atom is -0.395 e. The summed E-state index contributed by atoms with van der Waals surface area (Å²) >= 11 is 1.64. The average Bonchev–Trinajstić information content (AvgIpc) is 3.74. The third-order valence-corrected chi connectivity index (χ3v) is 9.06. The fraction of sp³-hybridized carbons (Fsp3) is 0.500. The lowest BCUT2D eigenvalue weighted by Crippen LogP contribution is -2.47. The number of rotatable bonds is 7. The number of β-amino-alcohol motifs (C(OH)–C–C–N with tert-alkyl or cyclic N) is 1. The Hall–Kier alpha value is -3.45. The summed E-state index contributed by atoms with van der Waals surface area (Å²) in [7, 11) is 0. The Morgan fingerprint density at radius 1 is 0.952 bits per heavy atom. The summed E-state index contributed by atoms with van der Waals surface area (Å²) in [6.45, 7) is 14.0. The highest BCUT2D eigenvalue weighted by atomic mass is 32.1. The fourth-order valence-electron chi connectivity index (χ4n) is 5.83. The molecule has 222 valence electrons. The number of nitrogens with one attached hydrogen (secondary N) is 1. The molecule has 0 unspecified atom stereocenters. The second-order valence-electron chi connectivity index (χ2n) is 10.8. The van der Waals surface area contributed by atoms with E-state index in [9.17, 15) is 5.11 Å². The van der Waals surface area contributed by atoms with Crippen molar-refractivity contribution in [1.29, 1.82) is 0 Å². The van der Waals surface area contributed by atoms with Gasteiger partial charge in [0, 0.05) is 93.4 Å². The molecule has 0 aliphatic carbocycles. The molecule has 4 aromatic heterocycles. The number of ether oxygens (including phenoxy) is 1. The number of fused-ring (bicyclic) bond motifs is 2. The van der Waals surface area contributed by atoms with Crippen LogP contribution in [0.4, 0.5) is 23.4 Å². The molecule has 0 aromatic carbocycles. The van der Waals surface area contributed by atoms with E-state index in [1.165, 1.54) is 0 Å². The highest BCUT2D eigenvalue weighted by Crippen LogP contribution is 2.35. The Bertz CT molecular complexity index is 1500. The Morgan fingerprint density at radius 3 is 2.50 bits per heavy atom. The number of aryl methyl sites for hydroxylation is 1. The van der Waals surface area contributed by atoms with Crippen LogP contribution in [0.1, 0.15) is 19.5 Å². The molecule has 7 rings (SSSR count). The van der Waals surface area contributed by atoms with E-state index in [-0.39, 0.29) is 6.61 Å². The summed E-state index contributed by atoms with van der Waals surface area (Å²) in [5.41, 5.74) is 2.86. The number of anilines is 4. The predicted octanol–water partition coefficient (Wildman–Crippen LogP) is 3.82. The van der Waals surface area contributed by atoms with Gasteiger partial charge in [-0.1, -0.05) is 13.8 Å². The zero-order valence-electron chi connectivity index (χ0n) is 24.5. The summed E-state index contributed by atoms with van der Waals surface area (Å²) in [4.78, 5) is 30.5. The predicted molar refractivity (Wildman–Crippen MR) is 168 cm³/mol. The van der Waals surface area contributed by atoms with Crippen molar-refractivity contribution in [3.63, 3.8) is 0 Å². The molecule has 4 aromatic rings. The van der Waals surface area contributed by atoms with Crippen molar-refractivity contribution >= 4 is 45.0 Å². The number of nitrogens with zero attached hydrogens (tertiary/aromatic N) is 8. The number of aromatic nitrogens is 5. The highest BCUT2D eigenvalue weighted by molar-refractivity contribution is 7.21. The zero-order valence-corrected chi connectivity index (χ0v) is 25.3. The van der Waals surface area contributed by atoms with Gasteiger partial charge in [0.1, 0.15) is 22.5 Å². The van der Waals surface area contributed by atoms with E-state index in [4.69, 9.17) is 14.7 Å². The number of thiazole rings is 1. The van der Waals surface area contributed by atoms with Crippen LogP contribution in [0, 0.1) is 18.8 Å². The monoisotopic (exact) mass is 589 g/mol. The minimum atomic E-state index is 0.186. The van der Waals surface area contributed by atoms with E-state index in [0.29, 0.717) is 36.0 Å². The standard InChI is InChI=1S/C28H33N9O2S.C2H6/c1-18-10-25(34-28(31-18)36-6-4-35(5-7-36)8-9-38)33-24-12-22-23(13-30-24)40-27(32-22)19-2-3-29-26(11-19)37-14-20-16-39-17-21(20)15-37;1-2/h2-3,10-13,20-21,38H,4-9,14-17H2,1H3,(H,30,31,33,34);1-2H3/t20-,21+;. The van der Waals surface area contributed by atoms with E-state index in [1.807, 2.05) is 51.4 Å². The van der Waals surface area contributed by atoms with Gasteiger partial charge in [0.2, 0.25) is 5.95 Å². The third kappa shape index (κ3) is 6.17. The van der Waals surface area contributed by atoms with Crippen LogP contribution in [0.3, 0.4) is 0 Å². The smallest absolute Gasteiger partial charge is 0.227 e. The molecule has 0 radical (unpaired) electrons. The Balaban J connectivity index is 0.00000155. The van der Waals surface area contributed by atoms with Crippen LogP contribution in [-0.4, -0.2) is 101 Å². The molecule has 7 heterocycles. The lowest BCUT2D eigenvalue weighted by Gasteiger charge is -2.34. The summed E-state index contributed by atoms with van der Waals surface area (Å²) in [6.07, 6.45) is 3.76. The molecule has 3 fully saturated rings. The third-order valence-electron chi connectivity index (χ3n) is 8.00. The van der Waals surface area contributed by atoms with E-state index >= 15 is 0 Å². The van der Waals surface area contributed by atoms with Gasteiger partial charge in [-0.15, -0.1) is 11.3 Å². The van der Waals surface area contributed by atoms with Gasteiger partial charge in [-0.3, -0.25) is 4.90 Å².